The molecule has 3 rings (SSSR count). The third kappa shape index (κ3) is 3.59. The van der Waals surface area contributed by atoms with Crippen molar-refractivity contribution >= 4 is 23.2 Å². The molecule has 0 saturated carbocycles. The number of rotatable bonds is 5. The summed E-state index contributed by atoms with van der Waals surface area (Å²) in [5.74, 6) is -1.62. The van der Waals surface area contributed by atoms with Crippen LogP contribution in [0.3, 0.4) is 0 Å². The van der Waals surface area contributed by atoms with Crippen LogP contribution in [0.2, 0.25) is 0 Å². The van der Waals surface area contributed by atoms with Gasteiger partial charge in [0.05, 0.1) is 12.2 Å². The zero-order valence-electron chi connectivity index (χ0n) is 14.2. The minimum Gasteiger partial charge on any atom is -0.480 e. The van der Waals surface area contributed by atoms with E-state index in [2.05, 4.69) is 10.3 Å². The number of hydrogen-bond acceptors (Lipinski definition) is 5. The highest BCUT2D eigenvalue weighted by atomic mass is 32.1. The quantitative estimate of drug-likeness (QED) is 0.849. The molecule has 8 heteroatoms. The Kier molecular flexibility index (Phi) is 5.19. The summed E-state index contributed by atoms with van der Waals surface area (Å²) in [7, 11) is 0. The Morgan fingerprint density at radius 1 is 1.48 bits per heavy atom. The van der Waals surface area contributed by atoms with E-state index in [1.807, 2.05) is 23.8 Å². The maximum atomic E-state index is 12.7. The van der Waals surface area contributed by atoms with Crippen molar-refractivity contribution in [3.8, 4) is 5.13 Å². The van der Waals surface area contributed by atoms with Gasteiger partial charge in [-0.15, -0.1) is 11.3 Å². The van der Waals surface area contributed by atoms with E-state index in [-0.39, 0.29) is 11.8 Å². The SMILES string of the molecule is Cc1cc(C(=O)NC(C(=O)O)C2CCCOC2)c(C)n1-c1nccs1. The molecule has 2 aromatic rings. The Labute approximate surface area is 149 Å². The number of thiazole rings is 1. The number of nitrogens with zero attached hydrogens (tertiary/aromatic N) is 2. The summed E-state index contributed by atoms with van der Waals surface area (Å²) in [5.41, 5.74) is 2.09. The van der Waals surface area contributed by atoms with Crippen LogP contribution in [0.4, 0.5) is 0 Å². The fourth-order valence-electron chi connectivity index (χ4n) is 3.24. The molecule has 1 aliphatic heterocycles. The minimum absolute atomic E-state index is 0.211. The maximum Gasteiger partial charge on any atom is 0.326 e. The summed E-state index contributed by atoms with van der Waals surface area (Å²) < 4.78 is 7.27. The van der Waals surface area contributed by atoms with E-state index < -0.39 is 12.0 Å². The van der Waals surface area contributed by atoms with Crippen LogP contribution in [0.25, 0.3) is 5.13 Å². The van der Waals surface area contributed by atoms with E-state index in [4.69, 9.17) is 4.74 Å². The van der Waals surface area contributed by atoms with Gasteiger partial charge in [0, 0.05) is 35.5 Å². The van der Waals surface area contributed by atoms with Crippen LogP contribution >= 0.6 is 11.3 Å². The Hall–Kier alpha value is -2.19. The number of carboxylic acids is 1. The number of amides is 1. The van der Waals surface area contributed by atoms with Gasteiger partial charge in [-0.25, -0.2) is 9.78 Å². The summed E-state index contributed by atoms with van der Waals surface area (Å²) in [6.07, 6.45) is 3.25. The molecule has 1 fully saturated rings. The molecule has 0 spiro atoms. The Bertz CT molecular complexity index is 763. The normalized spacial score (nSPS) is 18.7. The van der Waals surface area contributed by atoms with Crippen LogP contribution in [-0.4, -0.2) is 45.8 Å². The first-order chi connectivity index (χ1) is 12.0. The van der Waals surface area contributed by atoms with Gasteiger partial charge in [0.1, 0.15) is 6.04 Å². The van der Waals surface area contributed by atoms with Gasteiger partial charge in [-0.1, -0.05) is 0 Å². The van der Waals surface area contributed by atoms with Crippen molar-refractivity contribution in [2.24, 2.45) is 5.92 Å². The summed E-state index contributed by atoms with van der Waals surface area (Å²) in [6.45, 7) is 4.73. The van der Waals surface area contributed by atoms with Gasteiger partial charge in [-0.2, -0.15) is 0 Å². The van der Waals surface area contributed by atoms with Gasteiger partial charge in [0.15, 0.2) is 5.13 Å². The fourth-order valence-corrected chi connectivity index (χ4v) is 3.99. The largest absolute Gasteiger partial charge is 0.480 e. The standard InChI is InChI=1S/C17H21N3O4S/c1-10-8-13(11(2)20(10)17-18-5-7-25-17)15(21)19-14(16(22)23)12-4-3-6-24-9-12/h5,7-8,12,14H,3-4,6,9H2,1-2H3,(H,19,21)(H,22,23). The van der Waals surface area contributed by atoms with Crippen LogP contribution in [0, 0.1) is 19.8 Å². The molecule has 0 aromatic carbocycles. The zero-order valence-corrected chi connectivity index (χ0v) is 15.0. The zero-order chi connectivity index (χ0) is 18.0. The second-order valence-corrected chi connectivity index (χ2v) is 7.07. The van der Waals surface area contributed by atoms with Crippen LogP contribution in [-0.2, 0) is 9.53 Å². The Morgan fingerprint density at radius 3 is 2.88 bits per heavy atom. The summed E-state index contributed by atoms with van der Waals surface area (Å²) in [6, 6.07) is 0.818. The molecule has 0 bridgehead atoms. The number of carboxylic acid groups (broad SMARTS) is 1. The predicted molar refractivity (Wildman–Crippen MR) is 93.3 cm³/mol. The monoisotopic (exact) mass is 363 g/mol. The average Bonchev–Trinajstić information content (AvgIpc) is 3.20. The summed E-state index contributed by atoms with van der Waals surface area (Å²) >= 11 is 1.48. The second-order valence-electron chi connectivity index (χ2n) is 6.20. The van der Waals surface area contributed by atoms with Crippen molar-refractivity contribution in [1.29, 1.82) is 0 Å². The molecule has 1 saturated heterocycles. The van der Waals surface area contributed by atoms with E-state index in [0.717, 1.165) is 29.4 Å². The van der Waals surface area contributed by atoms with Crippen molar-refractivity contribution in [3.05, 3.63) is 34.6 Å². The molecule has 2 aromatic heterocycles. The van der Waals surface area contributed by atoms with Crippen LogP contribution in [0.5, 0.6) is 0 Å². The van der Waals surface area contributed by atoms with E-state index in [0.29, 0.717) is 18.8 Å². The van der Waals surface area contributed by atoms with Gasteiger partial charge in [-0.3, -0.25) is 9.36 Å². The molecule has 7 nitrogen and oxygen atoms in total. The molecule has 3 heterocycles. The minimum atomic E-state index is -1.03. The molecular formula is C17H21N3O4S. The number of aliphatic carboxylic acids is 1. The van der Waals surface area contributed by atoms with Crippen LogP contribution < -0.4 is 5.32 Å². The smallest absolute Gasteiger partial charge is 0.326 e. The lowest BCUT2D eigenvalue weighted by atomic mass is 9.93. The number of hydrogen-bond donors (Lipinski definition) is 2. The van der Waals surface area contributed by atoms with E-state index >= 15 is 0 Å². The third-order valence-corrected chi connectivity index (χ3v) is 5.26. The molecule has 1 amide bonds. The number of ether oxygens (including phenoxy) is 1. The molecule has 0 aliphatic carbocycles. The summed E-state index contributed by atoms with van der Waals surface area (Å²) in [5, 5.41) is 14.9. The number of carbonyl (C=O) groups is 2. The third-order valence-electron chi connectivity index (χ3n) is 4.51. The van der Waals surface area contributed by atoms with E-state index in [1.165, 1.54) is 11.3 Å². The lowest BCUT2D eigenvalue weighted by molar-refractivity contribution is -0.142. The van der Waals surface area contributed by atoms with Gasteiger partial charge in [0.2, 0.25) is 0 Å². The lowest BCUT2D eigenvalue weighted by Gasteiger charge is -2.28. The van der Waals surface area contributed by atoms with Gasteiger partial charge < -0.3 is 15.2 Å². The topological polar surface area (TPSA) is 93.5 Å². The molecule has 2 atom stereocenters. The Balaban J connectivity index is 1.83. The average molecular weight is 363 g/mol. The van der Waals surface area contributed by atoms with E-state index in [1.54, 1.807) is 12.3 Å². The van der Waals surface area contributed by atoms with Crippen molar-refractivity contribution in [2.45, 2.75) is 32.7 Å². The van der Waals surface area contributed by atoms with Crippen molar-refractivity contribution < 1.29 is 19.4 Å². The Morgan fingerprint density at radius 2 is 2.28 bits per heavy atom. The number of aryl methyl sites for hydroxylation is 1. The molecule has 2 N–H and O–H groups in total. The predicted octanol–water partition coefficient (Wildman–Crippen LogP) is 2.16. The highest BCUT2D eigenvalue weighted by Crippen LogP contribution is 2.23. The highest BCUT2D eigenvalue weighted by Gasteiger charge is 2.32. The first-order valence-electron chi connectivity index (χ1n) is 8.19. The second kappa shape index (κ2) is 7.37. The van der Waals surface area contributed by atoms with Gasteiger partial charge in [-0.05, 0) is 32.8 Å². The number of carbonyl (C=O) groups excluding carboxylic acids is 1. The molecule has 1 aliphatic rings. The molecule has 2 unspecified atom stereocenters. The first-order valence-corrected chi connectivity index (χ1v) is 9.07. The molecule has 0 radical (unpaired) electrons. The van der Waals surface area contributed by atoms with Crippen molar-refractivity contribution in [3.63, 3.8) is 0 Å². The molecular weight excluding hydrogens is 342 g/mol. The van der Waals surface area contributed by atoms with Crippen molar-refractivity contribution in [1.82, 2.24) is 14.9 Å². The number of aromatic nitrogens is 2. The van der Waals surface area contributed by atoms with Crippen LogP contribution in [0.1, 0.15) is 34.6 Å². The van der Waals surface area contributed by atoms with Gasteiger partial charge in [0.25, 0.3) is 5.91 Å². The molecule has 134 valence electrons. The highest BCUT2D eigenvalue weighted by molar-refractivity contribution is 7.12. The van der Waals surface area contributed by atoms with Crippen molar-refractivity contribution in [2.75, 3.05) is 13.2 Å². The van der Waals surface area contributed by atoms with Gasteiger partial charge >= 0.3 is 5.97 Å². The fraction of sp³-hybridized carbons (Fsp3) is 0.471. The number of nitrogens with one attached hydrogen (secondary N) is 1. The van der Waals surface area contributed by atoms with Crippen LogP contribution in [0.15, 0.2) is 17.6 Å². The summed E-state index contributed by atoms with van der Waals surface area (Å²) in [4.78, 5) is 28.6. The lowest BCUT2D eigenvalue weighted by Crippen LogP contribution is -2.48. The first kappa shape index (κ1) is 17.6. The molecule has 25 heavy (non-hydrogen) atoms. The van der Waals surface area contributed by atoms with E-state index in [9.17, 15) is 14.7 Å². The maximum absolute atomic E-state index is 12.7.